The molecule has 0 spiro atoms. The van der Waals surface area contributed by atoms with Gasteiger partial charge in [0.25, 0.3) is 0 Å². The standard InChI is InChI=1S/C10H15N/c1-4-5-9(11)6-10-7(2)8(10)3/h4-7H,11H2,1-3H3/b5-4-,9-6+. The van der Waals surface area contributed by atoms with Gasteiger partial charge in [-0.3, -0.25) is 0 Å². The third-order valence-electron chi connectivity index (χ3n) is 2.17. The third kappa shape index (κ3) is 1.73. The van der Waals surface area contributed by atoms with E-state index in [-0.39, 0.29) is 0 Å². The van der Waals surface area contributed by atoms with Crippen LogP contribution in [0.4, 0.5) is 0 Å². The maximum atomic E-state index is 5.69. The van der Waals surface area contributed by atoms with E-state index in [0.717, 1.165) is 5.70 Å². The lowest BCUT2D eigenvalue weighted by molar-refractivity contribution is 1.01. The van der Waals surface area contributed by atoms with Crippen molar-refractivity contribution < 1.29 is 0 Å². The Morgan fingerprint density at radius 2 is 2.09 bits per heavy atom. The molecule has 0 bridgehead atoms. The van der Waals surface area contributed by atoms with E-state index in [2.05, 4.69) is 19.9 Å². The summed E-state index contributed by atoms with van der Waals surface area (Å²) in [4.78, 5) is 0. The molecule has 0 fully saturated rings. The lowest BCUT2D eigenvalue weighted by atomic mass is 10.2. The van der Waals surface area contributed by atoms with Gasteiger partial charge in [-0.25, -0.2) is 0 Å². The molecule has 0 aromatic carbocycles. The van der Waals surface area contributed by atoms with Crippen molar-refractivity contribution in [1.29, 1.82) is 0 Å². The van der Waals surface area contributed by atoms with Crippen LogP contribution in [0.25, 0.3) is 0 Å². The molecule has 1 aliphatic carbocycles. The molecule has 0 aromatic rings. The quantitative estimate of drug-likeness (QED) is 0.599. The van der Waals surface area contributed by atoms with E-state index in [0.29, 0.717) is 5.92 Å². The molecule has 0 aliphatic heterocycles. The zero-order valence-electron chi connectivity index (χ0n) is 7.39. The average molecular weight is 149 g/mol. The van der Waals surface area contributed by atoms with Crippen LogP contribution in [0.5, 0.6) is 0 Å². The number of rotatable bonds is 2. The predicted molar refractivity (Wildman–Crippen MR) is 48.9 cm³/mol. The maximum absolute atomic E-state index is 5.69. The highest BCUT2D eigenvalue weighted by Gasteiger charge is 2.25. The molecular formula is C10H15N. The molecule has 1 rings (SSSR count). The van der Waals surface area contributed by atoms with Gasteiger partial charge < -0.3 is 5.73 Å². The van der Waals surface area contributed by atoms with Gasteiger partial charge in [0.15, 0.2) is 0 Å². The van der Waals surface area contributed by atoms with Crippen molar-refractivity contribution >= 4 is 0 Å². The summed E-state index contributed by atoms with van der Waals surface area (Å²) in [7, 11) is 0. The molecule has 0 saturated heterocycles. The first-order valence-corrected chi connectivity index (χ1v) is 3.97. The minimum Gasteiger partial charge on any atom is -0.399 e. The van der Waals surface area contributed by atoms with Crippen LogP contribution >= 0.6 is 0 Å². The Kier molecular flexibility index (Phi) is 2.18. The first-order valence-electron chi connectivity index (χ1n) is 3.97. The van der Waals surface area contributed by atoms with Gasteiger partial charge in [0, 0.05) is 11.6 Å². The summed E-state index contributed by atoms with van der Waals surface area (Å²) >= 11 is 0. The Morgan fingerprint density at radius 1 is 1.55 bits per heavy atom. The van der Waals surface area contributed by atoms with Crippen LogP contribution in [0.3, 0.4) is 0 Å². The van der Waals surface area contributed by atoms with Crippen LogP contribution in [0, 0.1) is 5.92 Å². The normalized spacial score (nSPS) is 25.0. The summed E-state index contributed by atoms with van der Waals surface area (Å²) in [6.45, 7) is 6.32. The molecule has 0 amide bonds. The van der Waals surface area contributed by atoms with Crippen LogP contribution in [0.2, 0.25) is 0 Å². The van der Waals surface area contributed by atoms with E-state index < -0.39 is 0 Å². The molecule has 60 valence electrons. The Balaban J connectivity index is 2.61. The van der Waals surface area contributed by atoms with E-state index in [9.17, 15) is 0 Å². The van der Waals surface area contributed by atoms with Gasteiger partial charge in [-0.2, -0.15) is 0 Å². The summed E-state index contributed by atoms with van der Waals surface area (Å²) in [6, 6.07) is 0. The third-order valence-corrected chi connectivity index (χ3v) is 2.17. The van der Waals surface area contributed by atoms with E-state index in [1.807, 2.05) is 19.1 Å². The Morgan fingerprint density at radius 3 is 2.45 bits per heavy atom. The van der Waals surface area contributed by atoms with Gasteiger partial charge in [0.05, 0.1) is 0 Å². The smallest absolute Gasteiger partial charge is 0.0313 e. The van der Waals surface area contributed by atoms with Gasteiger partial charge in [-0.15, -0.1) is 0 Å². The predicted octanol–water partition coefficient (Wildman–Crippen LogP) is 2.37. The highest BCUT2D eigenvalue weighted by atomic mass is 14.6. The summed E-state index contributed by atoms with van der Waals surface area (Å²) in [5, 5.41) is 0. The molecule has 1 aliphatic rings. The van der Waals surface area contributed by atoms with Gasteiger partial charge >= 0.3 is 0 Å². The number of hydrogen-bond donors (Lipinski definition) is 1. The maximum Gasteiger partial charge on any atom is 0.0313 e. The van der Waals surface area contributed by atoms with Crippen molar-refractivity contribution in [2.45, 2.75) is 20.8 Å². The lowest BCUT2D eigenvalue weighted by Gasteiger charge is -1.88. The SMILES string of the molecule is C/C=C\C(N)=C/C1=C(C)C1C. The Labute approximate surface area is 68.3 Å². The zero-order chi connectivity index (χ0) is 8.43. The van der Waals surface area contributed by atoms with E-state index in [1.54, 1.807) is 0 Å². The fourth-order valence-electron chi connectivity index (χ4n) is 1.17. The Bertz CT molecular complexity index is 244. The second kappa shape index (κ2) is 2.95. The monoisotopic (exact) mass is 149 g/mol. The first kappa shape index (κ1) is 8.12. The molecule has 1 unspecified atom stereocenters. The summed E-state index contributed by atoms with van der Waals surface area (Å²) in [5.41, 5.74) is 9.42. The van der Waals surface area contributed by atoms with Gasteiger partial charge in [-0.1, -0.05) is 18.6 Å². The van der Waals surface area contributed by atoms with Crippen LogP contribution in [-0.4, -0.2) is 0 Å². The fraction of sp³-hybridized carbons (Fsp3) is 0.400. The summed E-state index contributed by atoms with van der Waals surface area (Å²) in [6.07, 6.45) is 5.93. The number of nitrogens with two attached hydrogens (primary N) is 1. The minimum absolute atomic E-state index is 0.666. The topological polar surface area (TPSA) is 26.0 Å². The van der Waals surface area contributed by atoms with Crippen LogP contribution < -0.4 is 5.73 Å². The van der Waals surface area contributed by atoms with Gasteiger partial charge in [0.2, 0.25) is 0 Å². The molecule has 0 aromatic heterocycles. The lowest BCUT2D eigenvalue weighted by Crippen LogP contribution is -1.91. The molecule has 11 heavy (non-hydrogen) atoms. The van der Waals surface area contributed by atoms with E-state index >= 15 is 0 Å². The van der Waals surface area contributed by atoms with Crippen LogP contribution in [-0.2, 0) is 0 Å². The number of allylic oxidation sites excluding steroid dienone is 5. The van der Waals surface area contributed by atoms with Crippen LogP contribution in [0.15, 0.2) is 35.1 Å². The fourth-order valence-corrected chi connectivity index (χ4v) is 1.17. The first-order chi connectivity index (χ1) is 5.16. The van der Waals surface area contributed by atoms with Crippen molar-refractivity contribution in [1.82, 2.24) is 0 Å². The van der Waals surface area contributed by atoms with E-state index in [4.69, 9.17) is 5.73 Å². The molecule has 2 N–H and O–H groups in total. The molecule has 0 saturated carbocycles. The largest absolute Gasteiger partial charge is 0.399 e. The van der Waals surface area contributed by atoms with Crippen molar-refractivity contribution in [2.24, 2.45) is 11.7 Å². The zero-order valence-corrected chi connectivity index (χ0v) is 7.39. The molecule has 1 nitrogen and oxygen atoms in total. The highest BCUT2D eigenvalue weighted by molar-refractivity contribution is 5.48. The Hall–Kier alpha value is -0.980. The summed E-state index contributed by atoms with van der Waals surface area (Å²) < 4.78 is 0. The van der Waals surface area contributed by atoms with Crippen molar-refractivity contribution in [3.05, 3.63) is 35.1 Å². The average Bonchev–Trinajstić information content (AvgIpc) is 2.46. The molecular weight excluding hydrogens is 134 g/mol. The van der Waals surface area contributed by atoms with Crippen molar-refractivity contribution in [3.63, 3.8) is 0 Å². The molecule has 0 heterocycles. The molecule has 0 radical (unpaired) electrons. The van der Waals surface area contributed by atoms with E-state index in [1.165, 1.54) is 11.1 Å². The second-order valence-corrected chi connectivity index (χ2v) is 3.00. The number of hydrogen-bond acceptors (Lipinski definition) is 1. The summed E-state index contributed by atoms with van der Waals surface area (Å²) in [5.74, 6) is 0.666. The van der Waals surface area contributed by atoms with Gasteiger partial charge in [-0.05, 0) is 31.6 Å². The molecule has 1 atom stereocenters. The highest BCUT2D eigenvalue weighted by Crippen LogP contribution is 2.39. The van der Waals surface area contributed by atoms with Crippen molar-refractivity contribution in [2.75, 3.05) is 0 Å². The minimum atomic E-state index is 0.666. The van der Waals surface area contributed by atoms with Crippen LogP contribution in [0.1, 0.15) is 20.8 Å². The molecule has 1 heteroatoms. The second-order valence-electron chi connectivity index (χ2n) is 3.00. The van der Waals surface area contributed by atoms with Crippen molar-refractivity contribution in [3.8, 4) is 0 Å². The van der Waals surface area contributed by atoms with Gasteiger partial charge in [0.1, 0.15) is 0 Å².